The summed E-state index contributed by atoms with van der Waals surface area (Å²) in [6.45, 7) is 3.54. The Morgan fingerprint density at radius 3 is 2.74 bits per heavy atom. The SMILES string of the molecule is Fc1cc(OCCN2CCCC2)cc(-c2ccnc3nc(-c4n[nH]c5cnc(-c6cnccn6)cc45)[nH]c23)c1. The lowest BCUT2D eigenvalue weighted by molar-refractivity contribution is 0.237. The predicted octanol–water partition coefficient (Wildman–Crippen LogP) is 4.63. The van der Waals surface area contributed by atoms with Crippen molar-refractivity contribution in [2.75, 3.05) is 26.2 Å². The van der Waals surface area contributed by atoms with E-state index >= 15 is 0 Å². The second kappa shape index (κ2) is 9.84. The quantitative estimate of drug-likeness (QED) is 0.312. The lowest BCUT2D eigenvalue weighted by Crippen LogP contribution is -2.25. The molecular formula is C28H24FN9O. The molecule has 5 aromatic heterocycles. The molecule has 0 amide bonds. The summed E-state index contributed by atoms with van der Waals surface area (Å²) >= 11 is 0. The van der Waals surface area contributed by atoms with Crippen LogP contribution in [-0.4, -0.2) is 71.2 Å². The molecule has 10 nitrogen and oxygen atoms in total. The third-order valence-corrected chi connectivity index (χ3v) is 6.95. The molecule has 39 heavy (non-hydrogen) atoms. The number of aromatic amines is 2. The fourth-order valence-corrected chi connectivity index (χ4v) is 5.03. The van der Waals surface area contributed by atoms with Crippen molar-refractivity contribution in [1.29, 1.82) is 0 Å². The molecule has 0 aliphatic carbocycles. The zero-order valence-electron chi connectivity index (χ0n) is 20.9. The van der Waals surface area contributed by atoms with E-state index in [1.807, 2.05) is 18.2 Å². The van der Waals surface area contributed by atoms with Gasteiger partial charge in [0, 0.05) is 42.2 Å². The Hall–Kier alpha value is -4.77. The molecule has 1 aliphatic heterocycles. The van der Waals surface area contributed by atoms with Crippen molar-refractivity contribution < 1.29 is 9.13 Å². The Balaban J connectivity index is 1.23. The number of benzene rings is 1. The van der Waals surface area contributed by atoms with E-state index in [9.17, 15) is 4.39 Å². The molecule has 1 aromatic carbocycles. The molecule has 1 saturated heterocycles. The summed E-state index contributed by atoms with van der Waals surface area (Å²) in [5, 5.41) is 8.32. The number of ether oxygens (including phenoxy) is 1. The minimum absolute atomic E-state index is 0.365. The van der Waals surface area contributed by atoms with Crippen molar-refractivity contribution in [1.82, 2.24) is 45.0 Å². The van der Waals surface area contributed by atoms with Crippen molar-refractivity contribution in [3.05, 3.63) is 67.1 Å². The highest BCUT2D eigenvalue weighted by atomic mass is 19.1. The monoisotopic (exact) mass is 521 g/mol. The van der Waals surface area contributed by atoms with Crippen LogP contribution in [0, 0.1) is 5.82 Å². The lowest BCUT2D eigenvalue weighted by Gasteiger charge is -2.15. The summed E-state index contributed by atoms with van der Waals surface area (Å²) in [5.74, 6) is 0.665. The highest BCUT2D eigenvalue weighted by Crippen LogP contribution is 2.33. The van der Waals surface area contributed by atoms with Gasteiger partial charge in [0.2, 0.25) is 0 Å². The molecule has 0 radical (unpaired) electrons. The fraction of sp³-hybridized carbons (Fsp3) is 0.214. The summed E-state index contributed by atoms with van der Waals surface area (Å²) in [6.07, 6.45) is 10.7. The van der Waals surface area contributed by atoms with E-state index in [4.69, 9.17) is 9.72 Å². The number of nitrogens with one attached hydrogen (secondary N) is 2. The average Bonchev–Trinajstić information content (AvgIpc) is 3.72. The largest absolute Gasteiger partial charge is 0.492 e. The number of pyridine rings is 2. The van der Waals surface area contributed by atoms with Gasteiger partial charge in [-0.3, -0.25) is 25.0 Å². The number of imidazole rings is 1. The lowest BCUT2D eigenvalue weighted by atomic mass is 10.1. The number of hydrogen-bond acceptors (Lipinski definition) is 8. The molecule has 6 heterocycles. The first-order chi connectivity index (χ1) is 19.2. The summed E-state index contributed by atoms with van der Waals surface area (Å²) in [7, 11) is 0. The van der Waals surface area contributed by atoms with Gasteiger partial charge in [0.25, 0.3) is 0 Å². The maximum atomic E-state index is 14.7. The standard InChI is InChI=1S/C28H24FN9O/c29-18-11-17(12-19(13-18)39-10-9-38-7-1-2-8-38)20-3-4-32-27-25(20)34-28(35-27)26-21-14-22(24-15-30-5-6-31-24)33-16-23(21)36-37-26/h3-6,11-16H,1-2,7-10H2,(H,36,37)(H,32,34,35). The van der Waals surface area contributed by atoms with Crippen molar-refractivity contribution in [2.45, 2.75) is 12.8 Å². The van der Waals surface area contributed by atoms with Crippen LogP contribution in [0.4, 0.5) is 4.39 Å². The highest BCUT2D eigenvalue weighted by molar-refractivity contribution is 5.96. The molecule has 11 heteroatoms. The van der Waals surface area contributed by atoms with Crippen LogP contribution in [0.2, 0.25) is 0 Å². The van der Waals surface area contributed by atoms with E-state index in [0.29, 0.717) is 52.0 Å². The molecule has 1 aliphatic rings. The topological polar surface area (TPSA) is 121 Å². The number of likely N-dealkylation sites (tertiary alicyclic amines) is 1. The zero-order chi connectivity index (χ0) is 26.2. The van der Waals surface area contributed by atoms with E-state index in [-0.39, 0.29) is 5.82 Å². The normalized spacial score (nSPS) is 14.0. The fourth-order valence-electron chi connectivity index (χ4n) is 5.03. The van der Waals surface area contributed by atoms with Crippen LogP contribution in [0.15, 0.2) is 61.3 Å². The number of nitrogens with zero attached hydrogens (tertiary/aromatic N) is 7. The molecule has 0 bridgehead atoms. The Bertz CT molecular complexity index is 1780. The number of fused-ring (bicyclic) bond motifs is 2. The van der Waals surface area contributed by atoms with Gasteiger partial charge in [-0.2, -0.15) is 5.10 Å². The molecule has 0 unspecified atom stereocenters. The predicted molar refractivity (Wildman–Crippen MR) is 144 cm³/mol. The Morgan fingerprint density at radius 1 is 0.949 bits per heavy atom. The van der Waals surface area contributed by atoms with Crippen molar-refractivity contribution in [3.63, 3.8) is 0 Å². The van der Waals surface area contributed by atoms with Gasteiger partial charge >= 0.3 is 0 Å². The first kappa shape index (κ1) is 23.4. The summed E-state index contributed by atoms with van der Waals surface area (Å²) in [4.78, 5) is 27.8. The number of rotatable bonds is 7. The number of hydrogen-bond donors (Lipinski definition) is 2. The zero-order valence-corrected chi connectivity index (χ0v) is 20.9. The molecule has 6 aromatic rings. The van der Waals surface area contributed by atoms with Crippen LogP contribution in [0.5, 0.6) is 5.75 Å². The van der Waals surface area contributed by atoms with E-state index in [0.717, 1.165) is 36.1 Å². The molecule has 1 fully saturated rings. The minimum atomic E-state index is -0.365. The third kappa shape index (κ3) is 4.57. The van der Waals surface area contributed by atoms with Crippen LogP contribution >= 0.6 is 0 Å². The number of aromatic nitrogens is 8. The van der Waals surface area contributed by atoms with Crippen LogP contribution in [0.3, 0.4) is 0 Å². The Labute approximate surface area is 222 Å². The third-order valence-electron chi connectivity index (χ3n) is 6.95. The van der Waals surface area contributed by atoms with Gasteiger partial charge in [0.05, 0.1) is 29.1 Å². The highest BCUT2D eigenvalue weighted by Gasteiger charge is 2.18. The number of halogens is 1. The number of H-pyrrole nitrogens is 2. The van der Waals surface area contributed by atoms with Gasteiger partial charge < -0.3 is 9.72 Å². The molecule has 0 atom stereocenters. The van der Waals surface area contributed by atoms with E-state index in [1.165, 1.54) is 25.0 Å². The van der Waals surface area contributed by atoms with Crippen molar-refractivity contribution in [2.24, 2.45) is 0 Å². The first-order valence-corrected chi connectivity index (χ1v) is 12.8. The van der Waals surface area contributed by atoms with Gasteiger partial charge in [-0.05, 0) is 55.8 Å². The second-order valence-corrected chi connectivity index (χ2v) is 9.49. The van der Waals surface area contributed by atoms with Gasteiger partial charge in [-0.1, -0.05) is 0 Å². The molecule has 7 rings (SSSR count). The molecule has 0 saturated carbocycles. The summed E-state index contributed by atoms with van der Waals surface area (Å²) < 4.78 is 20.6. The van der Waals surface area contributed by atoms with E-state index < -0.39 is 0 Å². The van der Waals surface area contributed by atoms with Crippen molar-refractivity contribution in [3.8, 4) is 39.8 Å². The minimum Gasteiger partial charge on any atom is -0.492 e. The molecule has 2 N–H and O–H groups in total. The van der Waals surface area contributed by atoms with Crippen molar-refractivity contribution >= 4 is 22.1 Å². The van der Waals surface area contributed by atoms with Crippen LogP contribution < -0.4 is 4.74 Å². The van der Waals surface area contributed by atoms with Gasteiger partial charge in [0.15, 0.2) is 11.5 Å². The van der Waals surface area contributed by atoms with Gasteiger partial charge in [-0.25, -0.2) is 14.4 Å². The molecule has 0 spiro atoms. The second-order valence-electron chi connectivity index (χ2n) is 9.49. The Kier molecular flexibility index (Phi) is 5.89. The van der Waals surface area contributed by atoms with E-state index in [2.05, 4.69) is 40.0 Å². The van der Waals surface area contributed by atoms with Gasteiger partial charge in [0.1, 0.15) is 29.6 Å². The molecular weight excluding hydrogens is 497 g/mol. The van der Waals surface area contributed by atoms with Crippen LogP contribution in [0.1, 0.15) is 12.8 Å². The van der Waals surface area contributed by atoms with Gasteiger partial charge in [-0.15, -0.1) is 0 Å². The summed E-state index contributed by atoms with van der Waals surface area (Å²) in [5.41, 5.74) is 5.33. The van der Waals surface area contributed by atoms with Crippen LogP contribution in [0.25, 0.3) is 56.1 Å². The Morgan fingerprint density at radius 2 is 1.87 bits per heavy atom. The first-order valence-electron chi connectivity index (χ1n) is 12.8. The maximum Gasteiger partial charge on any atom is 0.178 e. The molecule has 194 valence electrons. The summed E-state index contributed by atoms with van der Waals surface area (Å²) in [6, 6.07) is 8.50. The maximum absolute atomic E-state index is 14.7. The average molecular weight is 522 g/mol. The smallest absolute Gasteiger partial charge is 0.178 e. The van der Waals surface area contributed by atoms with Crippen LogP contribution in [-0.2, 0) is 0 Å². The van der Waals surface area contributed by atoms with E-state index in [1.54, 1.807) is 31.0 Å².